The van der Waals surface area contributed by atoms with Gasteiger partial charge in [0.05, 0.1) is 111 Å². The van der Waals surface area contributed by atoms with E-state index >= 15 is 0 Å². The van der Waals surface area contributed by atoms with E-state index in [-0.39, 0.29) is 24.7 Å². The Balaban J connectivity index is 0.879. The standard InChI is InChI=1S/C38H60N10O10/c39-6-13-53-17-21-57-25-23-55-20-16-52-12-5-33(50)42-9-14-54-18-22-58-26-24-56-19-15-51-11-4-32(49)41-7-1-2-10-48-38-34(36(40)45-29-46-38)35(47-48)31-27-30-3-8-43-37(30)44-28-31/h3,8,27-29H,1-2,4-7,9-26,39H2,(H,41,49)(H,42,50)(H,43,44)(H2,40,45,46). The molecule has 0 aliphatic rings. The van der Waals surface area contributed by atoms with Crippen molar-refractivity contribution in [1.29, 1.82) is 0 Å². The molecule has 20 nitrogen and oxygen atoms in total. The number of amides is 2. The van der Waals surface area contributed by atoms with Crippen molar-refractivity contribution in [2.45, 2.75) is 32.2 Å². The molecule has 0 spiro atoms. The van der Waals surface area contributed by atoms with Crippen LogP contribution in [0, 0.1) is 0 Å². The summed E-state index contributed by atoms with van der Waals surface area (Å²) in [6, 6.07) is 3.97. The molecule has 4 aromatic rings. The molecule has 0 aromatic carbocycles. The lowest BCUT2D eigenvalue weighted by molar-refractivity contribution is -0.123. The van der Waals surface area contributed by atoms with Gasteiger partial charge in [-0.05, 0) is 25.0 Å². The predicted molar refractivity (Wildman–Crippen MR) is 215 cm³/mol. The molecule has 0 bridgehead atoms. The van der Waals surface area contributed by atoms with Crippen LogP contribution in [0.25, 0.3) is 33.3 Å². The zero-order valence-electron chi connectivity index (χ0n) is 33.3. The average molecular weight is 817 g/mol. The minimum Gasteiger partial charge on any atom is -0.383 e. The van der Waals surface area contributed by atoms with Crippen LogP contribution in [0.5, 0.6) is 0 Å². The molecule has 58 heavy (non-hydrogen) atoms. The highest BCUT2D eigenvalue weighted by atomic mass is 16.6. The smallest absolute Gasteiger partial charge is 0.222 e. The fourth-order valence-electron chi connectivity index (χ4n) is 5.45. The second-order valence-corrected chi connectivity index (χ2v) is 12.8. The maximum Gasteiger partial charge on any atom is 0.222 e. The lowest BCUT2D eigenvalue weighted by atomic mass is 10.1. The molecule has 322 valence electrons. The van der Waals surface area contributed by atoms with Crippen molar-refractivity contribution in [3.8, 4) is 11.3 Å². The largest absolute Gasteiger partial charge is 0.383 e. The monoisotopic (exact) mass is 816 g/mol. The van der Waals surface area contributed by atoms with Gasteiger partial charge in [0.15, 0.2) is 5.65 Å². The summed E-state index contributed by atoms with van der Waals surface area (Å²) in [5.41, 5.74) is 14.6. The number of unbranched alkanes of at least 4 members (excludes halogenated alkanes) is 1. The summed E-state index contributed by atoms with van der Waals surface area (Å²) < 4.78 is 45.2. The van der Waals surface area contributed by atoms with E-state index in [9.17, 15) is 9.59 Å². The van der Waals surface area contributed by atoms with Crippen molar-refractivity contribution < 1.29 is 47.5 Å². The van der Waals surface area contributed by atoms with Gasteiger partial charge in [-0.15, -0.1) is 0 Å². The third-order valence-electron chi connectivity index (χ3n) is 8.36. The summed E-state index contributed by atoms with van der Waals surface area (Å²) >= 11 is 0. The summed E-state index contributed by atoms with van der Waals surface area (Å²) in [5.74, 6) is 0.197. The summed E-state index contributed by atoms with van der Waals surface area (Å²) in [6.07, 6.45) is 7.13. The average Bonchev–Trinajstić information content (AvgIpc) is 3.86. The molecular weight excluding hydrogens is 756 g/mol. The lowest BCUT2D eigenvalue weighted by Crippen LogP contribution is -2.28. The molecule has 0 atom stereocenters. The minimum atomic E-state index is -0.0996. The van der Waals surface area contributed by atoms with E-state index in [0.29, 0.717) is 154 Å². The summed E-state index contributed by atoms with van der Waals surface area (Å²) in [6.45, 7) is 8.91. The first kappa shape index (κ1) is 46.3. The predicted octanol–water partition coefficient (Wildman–Crippen LogP) is 0.836. The number of anilines is 1. The number of nitrogens with zero attached hydrogens (tertiary/aromatic N) is 5. The van der Waals surface area contributed by atoms with Crippen LogP contribution in [0.2, 0.25) is 0 Å². The Hall–Kier alpha value is -4.38. The van der Waals surface area contributed by atoms with Crippen molar-refractivity contribution in [3.63, 3.8) is 0 Å². The SMILES string of the molecule is NCCOCCOCCOCCOCCC(=O)NCCOCCOCCOCCOCCC(=O)NCCCCn1nc(-c2cnc3[nH]ccc3c2)c2c(N)ncnc21. The van der Waals surface area contributed by atoms with Gasteiger partial charge in [0.1, 0.15) is 23.5 Å². The van der Waals surface area contributed by atoms with Crippen LogP contribution >= 0.6 is 0 Å². The van der Waals surface area contributed by atoms with Gasteiger partial charge in [0.2, 0.25) is 11.8 Å². The van der Waals surface area contributed by atoms with Crippen molar-refractivity contribution in [2.75, 3.05) is 131 Å². The van der Waals surface area contributed by atoms with E-state index in [2.05, 4.69) is 30.6 Å². The van der Waals surface area contributed by atoms with Gasteiger partial charge in [-0.1, -0.05) is 0 Å². The normalized spacial score (nSPS) is 11.5. The van der Waals surface area contributed by atoms with Crippen molar-refractivity contribution in [2.24, 2.45) is 5.73 Å². The summed E-state index contributed by atoms with van der Waals surface area (Å²) in [4.78, 5) is 40.3. The number of nitrogen functional groups attached to an aromatic ring is 1. The molecule has 0 saturated heterocycles. The van der Waals surface area contributed by atoms with Gasteiger partial charge in [0, 0.05) is 62.4 Å². The molecule has 4 rings (SSSR count). The second-order valence-electron chi connectivity index (χ2n) is 12.8. The Bertz CT molecular complexity index is 1730. The van der Waals surface area contributed by atoms with Crippen molar-refractivity contribution in [1.82, 2.24) is 40.3 Å². The molecule has 0 aliphatic heterocycles. The topological polar surface area (TPSA) is 256 Å². The summed E-state index contributed by atoms with van der Waals surface area (Å²) in [5, 5.41) is 12.2. The Kier molecular flexibility index (Phi) is 23.1. The van der Waals surface area contributed by atoms with E-state index < -0.39 is 0 Å². The first-order chi connectivity index (χ1) is 28.6. The molecule has 0 fully saturated rings. The summed E-state index contributed by atoms with van der Waals surface area (Å²) in [7, 11) is 0. The van der Waals surface area contributed by atoms with Crippen molar-refractivity contribution in [3.05, 3.63) is 30.9 Å². The molecule has 4 aromatic heterocycles. The van der Waals surface area contributed by atoms with Gasteiger partial charge in [0.25, 0.3) is 0 Å². The maximum absolute atomic E-state index is 12.3. The fourth-order valence-corrected chi connectivity index (χ4v) is 5.45. The van der Waals surface area contributed by atoms with E-state index in [1.54, 1.807) is 6.20 Å². The Morgan fingerprint density at radius 3 is 1.83 bits per heavy atom. The van der Waals surface area contributed by atoms with E-state index in [0.717, 1.165) is 29.4 Å². The van der Waals surface area contributed by atoms with Gasteiger partial charge in [-0.25, -0.2) is 19.6 Å². The molecular formula is C38H60N10O10. The highest BCUT2D eigenvalue weighted by molar-refractivity contribution is 5.99. The molecule has 2 amide bonds. The fraction of sp³-hybridized carbons (Fsp3) is 0.632. The van der Waals surface area contributed by atoms with Crippen LogP contribution in [-0.4, -0.2) is 167 Å². The number of fused-ring (bicyclic) bond motifs is 2. The Labute approximate surface area is 338 Å². The van der Waals surface area contributed by atoms with E-state index in [1.807, 2.05) is 23.0 Å². The van der Waals surface area contributed by atoms with Crippen LogP contribution in [0.4, 0.5) is 5.82 Å². The van der Waals surface area contributed by atoms with Gasteiger partial charge >= 0.3 is 0 Å². The van der Waals surface area contributed by atoms with Crippen LogP contribution in [0.3, 0.4) is 0 Å². The molecule has 4 heterocycles. The Morgan fingerprint density at radius 1 is 0.672 bits per heavy atom. The number of aryl methyl sites for hydroxylation is 1. The van der Waals surface area contributed by atoms with E-state index in [4.69, 9.17) is 54.5 Å². The number of nitrogens with two attached hydrogens (primary N) is 2. The molecule has 0 radical (unpaired) electrons. The van der Waals surface area contributed by atoms with Crippen LogP contribution < -0.4 is 22.1 Å². The van der Waals surface area contributed by atoms with Gasteiger partial charge in [-0.3, -0.25) is 9.59 Å². The van der Waals surface area contributed by atoms with Gasteiger partial charge < -0.3 is 65.0 Å². The number of pyridine rings is 1. The number of aromatic amines is 1. The third-order valence-corrected chi connectivity index (χ3v) is 8.36. The number of carbonyl (C=O) groups excluding carboxylic acids is 2. The first-order valence-electron chi connectivity index (χ1n) is 19.8. The maximum atomic E-state index is 12.3. The zero-order chi connectivity index (χ0) is 40.9. The highest BCUT2D eigenvalue weighted by Gasteiger charge is 2.18. The highest BCUT2D eigenvalue weighted by Crippen LogP contribution is 2.31. The number of carbonyl (C=O) groups is 2. The van der Waals surface area contributed by atoms with Gasteiger partial charge in [-0.2, -0.15) is 5.10 Å². The van der Waals surface area contributed by atoms with Crippen LogP contribution in [0.1, 0.15) is 25.7 Å². The number of H-pyrrole nitrogens is 1. The second kappa shape index (κ2) is 28.9. The quantitative estimate of drug-likeness (QED) is 0.0403. The number of nitrogens with one attached hydrogen (secondary N) is 3. The number of aromatic nitrogens is 6. The molecule has 7 N–H and O–H groups in total. The first-order valence-corrected chi connectivity index (χ1v) is 19.8. The third kappa shape index (κ3) is 18.0. The molecule has 0 saturated carbocycles. The number of rotatable bonds is 35. The zero-order valence-corrected chi connectivity index (χ0v) is 33.3. The Morgan fingerprint density at radius 2 is 1.22 bits per heavy atom. The van der Waals surface area contributed by atoms with Crippen LogP contribution in [-0.2, 0) is 54.0 Å². The lowest BCUT2D eigenvalue weighted by Gasteiger charge is -2.09. The number of hydrogen-bond donors (Lipinski definition) is 5. The number of ether oxygens (including phenoxy) is 8. The van der Waals surface area contributed by atoms with Crippen LogP contribution in [0.15, 0.2) is 30.9 Å². The van der Waals surface area contributed by atoms with Crippen molar-refractivity contribution >= 4 is 39.7 Å². The minimum absolute atomic E-state index is 0.0680. The number of hydrogen-bond acceptors (Lipinski definition) is 16. The molecule has 0 unspecified atom stereocenters. The van der Waals surface area contributed by atoms with E-state index in [1.165, 1.54) is 6.33 Å². The molecule has 20 heteroatoms. The molecule has 0 aliphatic carbocycles.